The molecule has 9 aromatic carbocycles. The van der Waals surface area contributed by atoms with E-state index in [-0.39, 0.29) is 5.41 Å². The summed E-state index contributed by atoms with van der Waals surface area (Å²) in [5, 5.41) is 4.94. The van der Waals surface area contributed by atoms with Crippen LogP contribution in [0.5, 0.6) is 0 Å². The van der Waals surface area contributed by atoms with E-state index in [1.807, 2.05) is 0 Å². The average molecular weight is 705 g/mol. The number of benzene rings is 9. The molecule has 0 radical (unpaired) electrons. The lowest BCUT2D eigenvalue weighted by atomic mass is 9.73. The Kier molecular flexibility index (Phi) is 7.85. The molecule has 0 amide bonds. The first-order valence-electron chi connectivity index (χ1n) is 19.1. The SMILES string of the molecule is CC1(C)c2ccccc2N(c2c(-c3ccc(N(c4ccccc4)c4ccccc4)cc3)ccc3ccccc23)c2cc(-c3cccc4ccccc34)ccc21. The number of fused-ring (bicyclic) bond motifs is 4. The van der Waals surface area contributed by atoms with Crippen LogP contribution in [-0.2, 0) is 5.41 Å². The van der Waals surface area contributed by atoms with Gasteiger partial charge in [-0.2, -0.15) is 0 Å². The smallest absolute Gasteiger partial charge is 0.0618 e. The molecule has 0 spiro atoms. The molecule has 262 valence electrons. The number of anilines is 6. The summed E-state index contributed by atoms with van der Waals surface area (Å²) < 4.78 is 0. The molecule has 0 fully saturated rings. The van der Waals surface area contributed by atoms with Gasteiger partial charge in [0.15, 0.2) is 0 Å². The van der Waals surface area contributed by atoms with E-state index in [1.165, 1.54) is 72.0 Å². The fourth-order valence-corrected chi connectivity index (χ4v) is 8.72. The number of rotatable bonds is 6. The van der Waals surface area contributed by atoms with Gasteiger partial charge in [0.2, 0.25) is 0 Å². The third kappa shape index (κ3) is 5.49. The van der Waals surface area contributed by atoms with Gasteiger partial charge < -0.3 is 9.80 Å². The van der Waals surface area contributed by atoms with Gasteiger partial charge in [0.25, 0.3) is 0 Å². The van der Waals surface area contributed by atoms with Gasteiger partial charge in [-0.3, -0.25) is 0 Å². The lowest BCUT2D eigenvalue weighted by Gasteiger charge is -2.43. The fraction of sp³-hybridized carbons (Fsp3) is 0.0566. The first-order valence-corrected chi connectivity index (χ1v) is 19.1. The molecule has 0 unspecified atom stereocenters. The van der Waals surface area contributed by atoms with Crippen LogP contribution in [0.4, 0.5) is 34.1 Å². The monoisotopic (exact) mass is 704 g/mol. The molecule has 1 aliphatic rings. The van der Waals surface area contributed by atoms with Gasteiger partial charge >= 0.3 is 0 Å². The summed E-state index contributed by atoms with van der Waals surface area (Å²) in [6.07, 6.45) is 0. The minimum absolute atomic E-state index is 0.204. The summed E-state index contributed by atoms with van der Waals surface area (Å²) in [6, 6.07) is 75.2. The first-order chi connectivity index (χ1) is 27.1. The third-order valence-corrected chi connectivity index (χ3v) is 11.4. The lowest BCUT2D eigenvalue weighted by molar-refractivity contribution is 0.632. The molecule has 9 aromatic rings. The molecule has 0 atom stereocenters. The molecule has 0 saturated carbocycles. The van der Waals surface area contributed by atoms with E-state index in [0.717, 1.165) is 17.1 Å². The van der Waals surface area contributed by atoms with E-state index >= 15 is 0 Å². The number of hydrogen-bond acceptors (Lipinski definition) is 2. The Morgan fingerprint density at radius 1 is 0.382 bits per heavy atom. The highest BCUT2D eigenvalue weighted by molar-refractivity contribution is 6.08. The van der Waals surface area contributed by atoms with Gasteiger partial charge in [-0.25, -0.2) is 0 Å². The molecular formula is C53H40N2. The van der Waals surface area contributed by atoms with Crippen molar-refractivity contribution in [3.63, 3.8) is 0 Å². The second-order valence-electron chi connectivity index (χ2n) is 15.0. The van der Waals surface area contributed by atoms with Gasteiger partial charge in [-0.1, -0.05) is 172 Å². The molecule has 1 heterocycles. The quantitative estimate of drug-likeness (QED) is 0.170. The first kappa shape index (κ1) is 32.7. The predicted octanol–water partition coefficient (Wildman–Crippen LogP) is 14.9. The van der Waals surface area contributed by atoms with Crippen molar-refractivity contribution in [1.29, 1.82) is 0 Å². The Bertz CT molecular complexity index is 2790. The molecule has 0 N–H and O–H groups in total. The summed E-state index contributed by atoms with van der Waals surface area (Å²) in [4.78, 5) is 4.87. The molecule has 2 heteroatoms. The van der Waals surface area contributed by atoms with E-state index in [2.05, 4.69) is 230 Å². The van der Waals surface area contributed by atoms with Crippen molar-refractivity contribution in [1.82, 2.24) is 0 Å². The Labute approximate surface area is 323 Å². The van der Waals surface area contributed by atoms with Crippen LogP contribution in [0, 0.1) is 0 Å². The number of nitrogens with zero attached hydrogens (tertiary/aromatic N) is 2. The summed E-state index contributed by atoms with van der Waals surface area (Å²) in [7, 11) is 0. The minimum Gasteiger partial charge on any atom is -0.311 e. The van der Waals surface area contributed by atoms with Gasteiger partial charge in [-0.15, -0.1) is 0 Å². The van der Waals surface area contributed by atoms with Crippen molar-refractivity contribution in [2.75, 3.05) is 9.80 Å². The van der Waals surface area contributed by atoms with Crippen molar-refractivity contribution in [2.45, 2.75) is 19.3 Å². The van der Waals surface area contributed by atoms with Crippen LogP contribution in [0.2, 0.25) is 0 Å². The molecule has 10 rings (SSSR count). The summed E-state index contributed by atoms with van der Waals surface area (Å²) in [6.45, 7) is 4.74. The highest BCUT2D eigenvalue weighted by atomic mass is 15.2. The van der Waals surface area contributed by atoms with E-state index in [0.29, 0.717) is 0 Å². The summed E-state index contributed by atoms with van der Waals surface area (Å²) in [5.41, 5.74) is 14.2. The maximum atomic E-state index is 2.55. The van der Waals surface area contributed by atoms with Crippen LogP contribution in [0.3, 0.4) is 0 Å². The zero-order valence-corrected chi connectivity index (χ0v) is 31.0. The summed E-state index contributed by atoms with van der Waals surface area (Å²) >= 11 is 0. The molecule has 0 bridgehead atoms. The number of hydrogen-bond donors (Lipinski definition) is 0. The van der Waals surface area contributed by atoms with E-state index < -0.39 is 0 Å². The maximum absolute atomic E-state index is 2.55. The van der Waals surface area contributed by atoms with Crippen LogP contribution >= 0.6 is 0 Å². The fourth-order valence-electron chi connectivity index (χ4n) is 8.72. The molecule has 0 aliphatic carbocycles. The second-order valence-corrected chi connectivity index (χ2v) is 15.0. The number of para-hydroxylation sites is 3. The van der Waals surface area contributed by atoms with Crippen LogP contribution in [0.1, 0.15) is 25.0 Å². The third-order valence-electron chi connectivity index (χ3n) is 11.4. The van der Waals surface area contributed by atoms with E-state index in [9.17, 15) is 0 Å². The Morgan fingerprint density at radius 3 is 1.65 bits per heavy atom. The lowest BCUT2D eigenvalue weighted by Crippen LogP contribution is -2.31. The minimum atomic E-state index is -0.204. The average Bonchev–Trinajstić information content (AvgIpc) is 3.24. The van der Waals surface area contributed by atoms with Crippen molar-refractivity contribution < 1.29 is 0 Å². The molecule has 1 aliphatic heterocycles. The maximum Gasteiger partial charge on any atom is 0.0618 e. The molecule has 0 saturated heterocycles. The van der Waals surface area contributed by atoms with E-state index in [4.69, 9.17) is 0 Å². The predicted molar refractivity (Wildman–Crippen MR) is 234 cm³/mol. The van der Waals surface area contributed by atoms with Crippen LogP contribution < -0.4 is 9.80 Å². The van der Waals surface area contributed by atoms with Crippen molar-refractivity contribution in [3.05, 3.63) is 217 Å². The van der Waals surface area contributed by atoms with E-state index in [1.54, 1.807) is 0 Å². The van der Waals surface area contributed by atoms with Gasteiger partial charge in [0, 0.05) is 33.4 Å². The molecule has 55 heavy (non-hydrogen) atoms. The second kappa shape index (κ2) is 13.2. The zero-order chi connectivity index (χ0) is 36.9. The van der Waals surface area contributed by atoms with Crippen molar-refractivity contribution in [2.24, 2.45) is 0 Å². The van der Waals surface area contributed by atoms with Gasteiger partial charge in [-0.05, 0) is 92.5 Å². The molecular weight excluding hydrogens is 665 g/mol. The highest BCUT2D eigenvalue weighted by Gasteiger charge is 2.38. The molecule has 2 nitrogen and oxygen atoms in total. The van der Waals surface area contributed by atoms with Gasteiger partial charge in [0.1, 0.15) is 0 Å². The Hall–Kier alpha value is -6.90. The van der Waals surface area contributed by atoms with Crippen molar-refractivity contribution >= 4 is 55.7 Å². The Balaban J connectivity index is 1.20. The highest BCUT2D eigenvalue weighted by Crippen LogP contribution is 2.56. The standard InChI is InChI=1S/C53H40N2/c1-53(2)48-26-13-14-27-50(48)55(51-36-40(31-35-49(51)53)45-25-15-18-37-16-9-11-23-44(37)45)52-46-24-12-10-17-38(46)30-34-47(52)39-28-32-43(33-29-39)54(41-19-5-3-6-20-41)42-21-7-4-8-22-42/h3-36H,1-2H3. The normalized spacial score (nSPS) is 13.0. The Morgan fingerprint density at radius 2 is 0.927 bits per heavy atom. The molecule has 0 aromatic heterocycles. The summed E-state index contributed by atoms with van der Waals surface area (Å²) in [5.74, 6) is 0. The van der Waals surface area contributed by atoms with Crippen LogP contribution in [0.25, 0.3) is 43.8 Å². The zero-order valence-electron chi connectivity index (χ0n) is 31.0. The van der Waals surface area contributed by atoms with Crippen LogP contribution in [-0.4, -0.2) is 0 Å². The van der Waals surface area contributed by atoms with Gasteiger partial charge in [0.05, 0.1) is 17.1 Å². The largest absolute Gasteiger partial charge is 0.311 e. The van der Waals surface area contributed by atoms with Crippen LogP contribution in [0.15, 0.2) is 206 Å². The topological polar surface area (TPSA) is 6.48 Å². The van der Waals surface area contributed by atoms with Crippen molar-refractivity contribution in [3.8, 4) is 22.3 Å².